The molecule has 0 aliphatic carbocycles. The monoisotopic (exact) mass is 356 g/mol. The maximum Gasteiger partial charge on any atom is 0.496 e. The fourth-order valence-corrected chi connectivity index (χ4v) is 3.65. The van der Waals surface area contributed by atoms with E-state index in [2.05, 4.69) is 42.0 Å². The highest BCUT2D eigenvalue weighted by Crippen LogP contribution is 2.36. The zero-order valence-corrected chi connectivity index (χ0v) is 16.9. The molecule has 0 radical (unpaired) electrons. The summed E-state index contributed by atoms with van der Waals surface area (Å²) in [5, 5.41) is 13.2. The first kappa shape index (κ1) is 19.2. The number of anilines is 1. The van der Waals surface area contributed by atoms with Crippen molar-refractivity contribution >= 4 is 18.4 Å². The first-order valence-electron chi connectivity index (χ1n) is 9.25. The van der Waals surface area contributed by atoms with Crippen LogP contribution in [0, 0.1) is 11.3 Å². The highest BCUT2D eigenvalue weighted by atomic mass is 16.7. The molecule has 26 heavy (non-hydrogen) atoms. The number of pyridine rings is 1. The molecule has 3 rings (SSSR count). The Morgan fingerprint density at radius 1 is 1.19 bits per heavy atom. The van der Waals surface area contributed by atoms with E-state index in [0.29, 0.717) is 11.6 Å². The summed E-state index contributed by atoms with van der Waals surface area (Å²) >= 11 is 0. The van der Waals surface area contributed by atoms with Crippen molar-refractivity contribution in [2.24, 2.45) is 0 Å². The molecule has 0 amide bonds. The van der Waals surface area contributed by atoms with Crippen molar-refractivity contribution in [3.8, 4) is 6.07 Å². The fourth-order valence-electron chi connectivity index (χ4n) is 3.65. The zero-order chi connectivity index (χ0) is 19.3. The van der Waals surface area contributed by atoms with Gasteiger partial charge in [0.25, 0.3) is 0 Å². The van der Waals surface area contributed by atoms with Gasteiger partial charge in [-0.25, -0.2) is 4.98 Å². The lowest BCUT2D eigenvalue weighted by Gasteiger charge is -2.50. The summed E-state index contributed by atoms with van der Waals surface area (Å²) in [5.74, 6) is 0.732. The molecule has 3 heterocycles. The van der Waals surface area contributed by atoms with Gasteiger partial charge in [-0.05, 0) is 40.7 Å². The van der Waals surface area contributed by atoms with Gasteiger partial charge in [0.1, 0.15) is 11.9 Å². The Labute approximate surface area is 157 Å². The second-order valence-electron chi connectivity index (χ2n) is 9.06. The number of nitrogens with zero attached hydrogens (tertiary/aromatic N) is 3. The average molecular weight is 356 g/mol. The molecule has 140 valence electrons. The Morgan fingerprint density at radius 3 is 2.27 bits per heavy atom. The molecule has 2 saturated heterocycles. The van der Waals surface area contributed by atoms with Crippen LogP contribution in [0.4, 0.5) is 5.82 Å². The summed E-state index contributed by atoms with van der Waals surface area (Å²) in [5.41, 5.74) is 0.583. The van der Waals surface area contributed by atoms with E-state index in [-0.39, 0.29) is 5.54 Å². The lowest BCUT2D eigenvalue weighted by atomic mass is 9.79. The minimum atomic E-state index is -0.502. The van der Waals surface area contributed by atoms with Crippen molar-refractivity contribution < 1.29 is 9.31 Å². The normalized spacial score (nSPS) is 23.0. The Balaban J connectivity index is 1.78. The van der Waals surface area contributed by atoms with E-state index in [1.165, 1.54) is 0 Å². The van der Waals surface area contributed by atoms with Gasteiger partial charge in [0.2, 0.25) is 0 Å². The third kappa shape index (κ3) is 3.34. The number of aromatic nitrogens is 1. The zero-order valence-electron chi connectivity index (χ0n) is 16.9. The highest BCUT2D eigenvalue weighted by molar-refractivity contribution is 6.62. The molecule has 2 aliphatic heterocycles. The standard InChI is InChI=1S/C19H29BN4O2/c1-13(2)23-19(7)11-24(12-19)16-14(9-21)8-15(10-22-16)20-25-17(3,4)18(5,6)26-20/h8,10,13,23H,11-12H2,1-7H3. The summed E-state index contributed by atoms with van der Waals surface area (Å²) in [6, 6.07) is 4.55. The summed E-state index contributed by atoms with van der Waals surface area (Å²) in [6.45, 7) is 16.2. The number of nitrogens with one attached hydrogen (secondary N) is 1. The third-order valence-corrected chi connectivity index (χ3v) is 5.55. The molecule has 2 fully saturated rings. The van der Waals surface area contributed by atoms with Crippen LogP contribution in [0.25, 0.3) is 0 Å². The molecule has 0 atom stereocenters. The molecule has 0 aromatic carbocycles. The smallest absolute Gasteiger partial charge is 0.399 e. The topological polar surface area (TPSA) is 70.4 Å². The predicted octanol–water partition coefficient (Wildman–Crippen LogP) is 1.83. The van der Waals surface area contributed by atoms with Crippen LogP contribution in [0.1, 0.15) is 54.0 Å². The Bertz CT molecular complexity index is 720. The summed E-state index contributed by atoms with van der Waals surface area (Å²) < 4.78 is 12.1. The molecule has 0 spiro atoms. The van der Waals surface area contributed by atoms with E-state index in [9.17, 15) is 5.26 Å². The van der Waals surface area contributed by atoms with Crippen LogP contribution < -0.4 is 15.7 Å². The molecular formula is C19H29BN4O2. The Hall–Kier alpha value is -1.62. The molecule has 0 unspecified atom stereocenters. The molecule has 6 nitrogen and oxygen atoms in total. The third-order valence-electron chi connectivity index (χ3n) is 5.55. The first-order valence-corrected chi connectivity index (χ1v) is 9.25. The number of hydrogen-bond acceptors (Lipinski definition) is 6. The largest absolute Gasteiger partial charge is 0.496 e. The highest BCUT2D eigenvalue weighted by Gasteiger charge is 2.52. The Morgan fingerprint density at radius 2 is 1.77 bits per heavy atom. The molecule has 2 aliphatic rings. The minimum absolute atomic E-state index is 0.0625. The molecule has 7 heteroatoms. The summed E-state index contributed by atoms with van der Waals surface area (Å²) in [6.07, 6.45) is 1.77. The van der Waals surface area contributed by atoms with Crippen molar-refractivity contribution in [1.82, 2.24) is 10.3 Å². The van der Waals surface area contributed by atoms with E-state index >= 15 is 0 Å². The van der Waals surface area contributed by atoms with Gasteiger partial charge in [0.05, 0.1) is 22.3 Å². The Kier molecular flexibility index (Phi) is 4.59. The summed E-state index contributed by atoms with van der Waals surface area (Å²) in [4.78, 5) is 6.71. The van der Waals surface area contributed by atoms with Crippen LogP contribution >= 0.6 is 0 Å². The van der Waals surface area contributed by atoms with Gasteiger partial charge in [-0.1, -0.05) is 13.8 Å². The quantitative estimate of drug-likeness (QED) is 0.830. The van der Waals surface area contributed by atoms with E-state index in [0.717, 1.165) is 24.4 Å². The van der Waals surface area contributed by atoms with Gasteiger partial charge >= 0.3 is 7.12 Å². The van der Waals surface area contributed by atoms with E-state index in [1.54, 1.807) is 6.20 Å². The van der Waals surface area contributed by atoms with Crippen LogP contribution in [-0.2, 0) is 9.31 Å². The van der Waals surface area contributed by atoms with Crippen LogP contribution in [0.2, 0.25) is 0 Å². The van der Waals surface area contributed by atoms with Gasteiger partial charge in [-0.2, -0.15) is 5.26 Å². The molecule has 1 N–H and O–H groups in total. The van der Waals surface area contributed by atoms with Gasteiger partial charge < -0.3 is 19.5 Å². The molecule has 0 bridgehead atoms. The fraction of sp³-hybridized carbons (Fsp3) is 0.684. The van der Waals surface area contributed by atoms with Crippen molar-refractivity contribution in [2.45, 2.75) is 71.2 Å². The van der Waals surface area contributed by atoms with Crippen LogP contribution in [0.15, 0.2) is 12.3 Å². The van der Waals surface area contributed by atoms with Gasteiger partial charge in [0, 0.05) is 30.8 Å². The summed E-state index contributed by atoms with van der Waals surface area (Å²) in [7, 11) is -0.502. The van der Waals surface area contributed by atoms with E-state index in [4.69, 9.17) is 9.31 Å². The van der Waals surface area contributed by atoms with Gasteiger partial charge in [-0.15, -0.1) is 0 Å². The van der Waals surface area contributed by atoms with Gasteiger partial charge in [0.15, 0.2) is 0 Å². The number of rotatable bonds is 4. The van der Waals surface area contributed by atoms with Crippen molar-refractivity contribution in [3.63, 3.8) is 0 Å². The molecule has 1 aromatic heterocycles. The van der Waals surface area contributed by atoms with Crippen LogP contribution in [0.3, 0.4) is 0 Å². The van der Waals surface area contributed by atoms with Crippen molar-refractivity contribution in [2.75, 3.05) is 18.0 Å². The van der Waals surface area contributed by atoms with Crippen LogP contribution in [-0.4, -0.2) is 48.0 Å². The number of nitriles is 1. The second kappa shape index (κ2) is 6.23. The van der Waals surface area contributed by atoms with Gasteiger partial charge in [-0.3, -0.25) is 0 Å². The second-order valence-corrected chi connectivity index (χ2v) is 9.06. The minimum Gasteiger partial charge on any atom is -0.399 e. The predicted molar refractivity (Wildman–Crippen MR) is 104 cm³/mol. The van der Waals surface area contributed by atoms with Crippen molar-refractivity contribution in [3.05, 3.63) is 17.8 Å². The lowest BCUT2D eigenvalue weighted by molar-refractivity contribution is 0.00578. The first-order chi connectivity index (χ1) is 12.0. The molecule has 1 aromatic rings. The maximum absolute atomic E-state index is 9.62. The molecule has 0 saturated carbocycles. The number of hydrogen-bond donors (Lipinski definition) is 1. The van der Waals surface area contributed by atoms with Crippen LogP contribution in [0.5, 0.6) is 0 Å². The van der Waals surface area contributed by atoms with E-state index in [1.807, 2.05) is 33.8 Å². The van der Waals surface area contributed by atoms with E-state index < -0.39 is 18.3 Å². The van der Waals surface area contributed by atoms with Crippen molar-refractivity contribution in [1.29, 1.82) is 5.26 Å². The molecular weight excluding hydrogens is 327 g/mol. The lowest BCUT2D eigenvalue weighted by Crippen LogP contribution is -2.69. The average Bonchev–Trinajstić information content (AvgIpc) is 2.71. The maximum atomic E-state index is 9.62. The SMILES string of the molecule is CC(C)NC1(C)CN(c2ncc(B3OC(C)(C)C(C)(C)O3)cc2C#N)C1.